The number of nitrogens with one attached hydrogen (secondary N) is 1. The third-order valence-corrected chi connectivity index (χ3v) is 3.81. The smallest absolute Gasteiger partial charge is 0.119 e. The highest BCUT2D eigenvalue weighted by atomic mass is 79.9. The molecule has 0 heterocycles. The fourth-order valence-corrected chi connectivity index (χ4v) is 2.57. The first-order valence-electron chi connectivity index (χ1n) is 6.61. The van der Waals surface area contributed by atoms with Gasteiger partial charge in [0.1, 0.15) is 18.5 Å². The van der Waals surface area contributed by atoms with E-state index in [0.29, 0.717) is 11.6 Å². The third-order valence-electron chi connectivity index (χ3n) is 2.92. The number of aliphatic hydroxyl groups excluding tert-OH is 1. The standard InChI is InChI=1S/C16H17BrClNO2/c1-11-2-5-14(6-3-11)21-10-13(20)9-19-16-7-4-12(18)8-15(16)17/h2-8,13,19-20H,9-10H2,1H3. The lowest BCUT2D eigenvalue weighted by molar-refractivity contribution is 0.117. The van der Waals surface area contributed by atoms with E-state index in [1.807, 2.05) is 37.3 Å². The largest absolute Gasteiger partial charge is 0.491 e. The van der Waals surface area contributed by atoms with Gasteiger partial charge < -0.3 is 15.2 Å². The van der Waals surface area contributed by atoms with E-state index in [-0.39, 0.29) is 6.61 Å². The Kier molecular flexibility index (Phi) is 5.91. The molecule has 0 fully saturated rings. The van der Waals surface area contributed by atoms with Gasteiger partial charge in [-0.15, -0.1) is 0 Å². The maximum atomic E-state index is 9.94. The van der Waals surface area contributed by atoms with Gasteiger partial charge in [0.2, 0.25) is 0 Å². The summed E-state index contributed by atoms with van der Waals surface area (Å²) in [6.45, 7) is 2.65. The van der Waals surface area contributed by atoms with E-state index in [9.17, 15) is 5.11 Å². The Labute approximate surface area is 138 Å². The van der Waals surface area contributed by atoms with Crippen LogP contribution >= 0.6 is 27.5 Å². The van der Waals surface area contributed by atoms with Crippen LogP contribution in [-0.2, 0) is 0 Å². The highest BCUT2D eigenvalue weighted by Crippen LogP contribution is 2.25. The number of aryl methyl sites for hydroxylation is 1. The van der Waals surface area contributed by atoms with E-state index >= 15 is 0 Å². The Morgan fingerprint density at radius 3 is 2.62 bits per heavy atom. The molecule has 0 bridgehead atoms. The summed E-state index contributed by atoms with van der Waals surface area (Å²) in [4.78, 5) is 0. The number of halogens is 2. The van der Waals surface area contributed by atoms with Gasteiger partial charge in [-0.05, 0) is 53.2 Å². The van der Waals surface area contributed by atoms with Crippen LogP contribution < -0.4 is 10.1 Å². The Morgan fingerprint density at radius 1 is 1.24 bits per heavy atom. The number of anilines is 1. The second-order valence-electron chi connectivity index (χ2n) is 4.78. The topological polar surface area (TPSA) is 41.5 Å². The molecule has 1 atom stereocenters. The second-order valence-corrected chi connectivity index (χ2v) is 6.07. The normalized spacial score (nSPS) is 12.0. The molecule has 0 amide bonds. The lowest BCUT2D eigenvalue weighted by Crippen LogP contribution is -2.26. The van der Waals surface area contributed by atoms with E-state index in [2.05, 4.69) is 21.2 Å². The predicted molar refractivity (Wildman–Crippen MR) is 90.3 cm³/mol. The van der Waals surface area contributed by atoms with Crippen molar-refractivity contribution in [2.24, 2.45) is 0 Å². The van der Waals surface area contributed by atoms with Crippen LogP contribution in [0, 0.1) is 6.92 Å². The maximum absolute atomic E-state index is 9.94. The van der Waals surface area contributed by atoms with Crippen molar-refractivity contribution in [3.8, 4) is 5.75 Å². The zero-order valence-corrected chi connectivity index (χ0v) is 14.0. The number of benzene rings is 2. The first-order valence-corrected chi connectivity index (χ1v) is 7.78. The molecule has 2 aromatic rings. The van der Waals surface area contributed by atoms with E-state index in [1.54, 1.807) is 12.1 Å². The van der Waals surface area contributed by atoms with E-state index in [1.165, 1.54) is 5.56 Å². The molecular formula is C16H17BrClNO2. The first-order chi connectivity index (χ1) is 10.0. The fraction of sp³-hybridized carbons (Fsp3) is 0.250. The lowest BCUT2D eigenvalue weighted by atomic mass is 10.2. The van der Waals surface area contributed by atoms with Crippen LogP contribution in [0.5, 0.6) is 5.75 Å². The molecule has 0 aliphatic heterocycles. The van der Waals surface area contributed by atoms with E-state index in [0.717, 1.165) is 15.9 Å². The SMILES string of the molecule is Cc1ccc(OCC(O)CNc2ccc(Cl)cc2Br)cc1. The van der Waals surface area contributed by atoms with Crippen molar-refractivity contribution in [1.82, 2.24) is 0 Å². The second kappa shape index (κ2) is 7.69. The minimum absolute atomic E-state index is 0.237. The van der Waals surface area contributed by atoms with Gasteiger partial charge in [0, 0.05) is 21.7 Å². The molecular weight excluding hydrogens is 354 g/mol. The van der Waals surface area contributed by atoms with Crippen LogP contribution in [-0.4, -0.2) is 24.4 Å². The molecule has 5 heteroatoms. The molecule has 21 heavy (non-hydrogen) atoms. The molecule has 2 N–H and O–H groups in total. The average Bonchev–Trinajstić information content (AvgIpc) is 2.46. The Morgan fingerprint density at radius 2 is 1.95 bits per heavy atom. The van der Waals surface area contributed by atoms with Crippen molar-refractivity contribution in [2.75, 3.05) is 18.5 Å². The van der Waals surface area contributed by atoms with Gasteiger partial charge in [0.15, 0.2) is 0 Å². The molecule has 0 aliphatic carbocycles. The van der Waals surface area contributed by atoms with Crippen LogP contribution in [0.15, 0.2) is 46.9 Å². The number of hydrogen-bond acceptors (Lipinski definition) is 3. The zero-order valence-electron chi connectivity index (χ0n) is 11.6. The minimum atomic E-state index is -0.603. The summed E-state index contributed by atoms with van der Waals surface area (Å²) in [5, 5.41) is 13.8. The highest BCUT2D eigenvalue weighted by molar-refractivity contribution is 9.10. The molecule has 2 rings (SSSR count). The summed E-state index contributed by atoms with van der Waals surface area (Å²) in [5.41, 5.74) is 2.06. The van der Waals surface area contributed by atoms with Gasteiger partial charge >= 0.3 is 0 Å². The molecule has 0 aromatic heterocycles. The fourth-order valence-electron chi connectivity index (χ4n) is 1.75. The molecule has 0 saturated carbocycles. The Bertz CT molecular complexity index is 589. The first kappa shape index (κ1) is 16.1. The van der Waals surface area contributed by atoms with Gasteiger partial charge in [-0.25, -0.2) is 0 Å². The molecule has 0 aliphatic rings. The lowest BCUT2D eigenvalue weighted by Gasteiger charge is -2.15. The predicted octanol–water partition coefficient (Wildman–Crippen LogP) is 4.26. The summed E-state index contributed by atoms with van der Waals surface area (Å²) in [6.07, 6.45) is -0.603. The third kappa shape index (κ3) is 5.23. The van der Waals surface area contributed by atoms with E-state index in [4.69, 9.17) is 16.3 Å². The molecule has 0 saturated heterocycles. The number of rotatable bonds is 6. The van der Waals surface area contributed by atoms with Crippen LogP contribution in [0.25, 0.3) is 0 Å². The maximum Gasteiger partial charge on any atom is 0.119 e. The Balaban J connectivity index is 1.79. The summed E-state index contributed by atoms with van der Waals surface area (Å²) in [6, 6.07) is 13.2. The van der Waals surface area contributed by atoms with Crippen molar-refractivity contribution in [1.29, 1.82) is 0 Å². The van der Waals surface area contributed by atoms with Gasteiger partial charge in [-0.1, -0.05) is 29.3 Å². The quantitative estimate of drug-likeness (QED) is 0.798. The van der Waals surface area contributed by atoms with Crippen LogP contribution in [0.2, 0.25) is 5.02 Å². The number of ether oxygens (including phenoxy) is 1. The molecule has 2 aromatic carbocycles. The summed E-state index contributed by atoms with van der Waals surface area (Å²) in [7, 11) is 0. The average molecular weight is 371 g/mol. The monoisotopic (exact) mass is 369 g/mol. The van der Waals surface area contributed by atoms with Gasteiger partial charge in [-0.2, -0.15) is 0 Å². The van der Waals surface area contributed by atoms with Crippen LogP contribution in [0.3, 0.4) is 0 Å². The van der Waals surface area contributed by atoms with Crippen molar-refractivity contribution in [3.05, 3.63) is 57.5 Å². The van der Waals surface area contributed by atoms with Crippen LogP contribution in [0.1, 0.15) is 5.56 Å². The Hall–Kier alpha value is -1.23. The highest BCUT2D eigenvalue weighted by Gasteiger charge is 2.07. The minimum Gasteiger partial charge on any atom is -0.491 e. The molecule has 0 spiro atoms. The van der Waals surface area contributed by atoms with Gasteiger partial charge in [0.25, 0.3) is 0 Å². The van der Waals surface area contributed by atoms with Gasteiger partial charge in [-0.3, -0.25) is 0 Å². The van der Waals surface area contributed by atoms with E-state index < -0.39 is 6.10 Å². The van der Waals surface area contributed by atoms with Gasteiger partial charge in [0.05, 0.1) is 0 Å². The number of hydrogen-bond donors (Lipinski definition) is 2. The summed E-state index contributed by atoms with van der Waals surface area (Å²) >= 11 is 9.30. The van der Waals surface area contributed by atoms with Crippen molar-refractivity contribution in [3.63, 3.8) is 0 Å². The summed E-state index contributed by atoms with van der Waals surface area (Å²) in [5.74, 6) is 0.757. The zero-order chi connectivity index (χ0) is 15.2. The molecule has 3 nitrogen and oxygen atoms in total. The van der Waals surface area contributed by atoms with Crippen molar-refractivity contribution in [2.45, 2.75) is 13.0 Å². The van der Waals surface area contributed by atoms with Crippen molar-refractivity contribution >= 4 is 33.2 Å². The summed E-state index contributed by atoms with van der Waals surface area (Å²) < 4.78 is 6.40. The molecule has 112 valence electrons. The number of aliphatic hydroxyl groups is 1. The molecule has 0 radical (unpaired) electrons. The van der Waals surface area contributed by atoms with Crippen LogP contribution in [0.4, 0.5) is 5.69 Å². The molecule has 1 unspecified atom stereocenters. The van der Waals surface area contributed by atoms with Crippen molar-refractivity contribution < 1.29 is 9.84 Å².